The molecule has 0 aliphatic heterocycles. The smallest absolute Gasteiger partial charge is 0.335 e. The number of rotatable bonds is 13. The van der Waals surface area contributed by atoms with Crippen LogP contribution >= 0.6 is 0 Å². The quantitative estimate of drug-likeness (QED) is 0.312. The number of esters is 1. The Hall–Kier alpha value is -3.51. The van der Waals surface area contributed by atoms with Gasteiger partial charge in [0.05, 0.1) is 18.8 Å². The Bertz CT molecular complexity index is 1010. The lowest BCUT2D eigenvalue weighted by Gasteiger charge is -2.22. The number of hydrogen-bond acceptors (Lipinski definition) is 6. The van der Waals surface area contributed by atoms with Crippen LogP contribution in [0.5, 0.6) is 17.2 Å². The van der Waals surface area contributed by atoms with E-state index in [1.165, 1.54) is 0 Å². The van der Waals surface area contributed by atoms with Crippen molar-refractivity contribution in [1.82, 2.24) is 0 Å². The molecular weight excluding hydrogens is 430 g/mol. The van der Waals surface area contributed by atoms with Crippen LogP contribution in [-0.2, 0) is 20.7 Å². The summed E-state index contributed by atoms with van der Waals surface area (Å²) in [6.45, 7) is 5.65. The number of likely N-dealkylation sites (N-methyl/N-ethyl adjacent to an activating group) is 1. The number of ether oxygens (including phenoxy) is 4. The minimum absolute atomic E-state index is 0.329. The van der Waals surface area contributed by atoms with Crippen molar-refractivity contribution in [2.45, 2.75) is 26.4 Å². The van der Waals surface area contributed by atoms with Crippen molar-refractivity contribution < 1.29 is 23.7 Å². The Balaban J connectivity index is 1.52. The predicted molar refractivity (Wildman–Crippen MR) is 134 cm³/mol. The van der Waals surface area contributed by atoms with E-state index < -0.39 is 6.10 Å². The summed E-state index contributed by atoms with van der Waals surface area (Å²) in [6.07, 6.45) is -0.128. The minimum atomic E-state index is -0.594. The lowest BCUT2D eigenvalue weighted by molar-refractivity contribution is -0.156. The van der Waals surface area contributed by atoms with Crippen LogP contribution in [0.2, 0.25) is 0 Å². The van der Waals surface area contributed by atoms with Crippen LogP contribution in [0, 0.1) is 0 Å². The molecule has 0 bridgehead atoms. The third kappa shape index (κ3) is 7.52. The highest BCUT2D eigenvalue weighted by molar-refractivity contribution is 5.75. The van der Waals surface area contributed by atoms with E-state index >= 15 is 0 Å². The Kier molecular flexibility index (Phi) is 9.80. The van der Waals surface area contributed by atoms with Gasteiger partial charge >= 0.3 is 5.97 Å². The zero-order valence-electron chi connectivity index (χ0n) is 20.1. The summed E-state index contributed by atoms with van der Waals surface area (Å²) in [6, 6.07) is 25.4. The van der Waals surface area contributed by atoms with E-state index in [0.29, 0.717) is 32.8 Å². The number of benzene rings is 3. The first-order valence-corrected chi connectivity index (χ1v) is 11.6. The highest BCUT2D eigenvalue weighted by Gasteiger charge is 2.20. The zero-order valence-corrected chi connectivity index (χ0v) is 20.1. The normalized spacial score (nSPS) is 11.5. The Morgan fingerprint density at radius 2 is 1.56 bits per heavy atom. The van der Waals surface area contributed by atoms with Gasteiger partial charge in [0.1, 0.15) is 18.1 Å². The van der Waals surface area contributed by atoms with Crippen molar-refractivity contribution in [2.75, 3.05) is 38.3 Å². The second-order valence-electron chi connectivity index (χ2n) is 7.70. The molecule has 0 heterocycles. The second-order valence-corrected chi connectivity index (χ2v) is 7.70. The second kappa shape index (κ2) is 13.3. The van der Waals surface area contributed by atoms with Crippen molar-refractivity contribution in [3.63, 3.8) is 0 Å². The Morgan fingerprint density at radius 3 is 2.26 bits per heavy atom. The van der Waals surface area contributed by atoms with Crippen LogP contribution in [0.25, 0.3) is 0 Å². The molecule has 3 aromatic carbocycles. The molecule has 0 aliphatic rings. The van der Waals surface area contributed by atoms with E-state index in [0.717, 1.165) is 28.5 Å². The van der Waals surface area contributed by atoms with E-state index in [2.05, 4.69) is 4.90 Å². The van der Waals surface area contributed by atoms with Crippen molar-refractivity contribution >= 4 is 11.7 Å². The fourth-order valence-corrected chi connectivity index (χ4v) is 3.48. The lowest BCUT2D eigenvalue weighted by Crippen LogP contribution is -2.29. The average Bonchev–Trinajstić information content (AvgIpc) is 2.86. The fourth-order valence-electron chi connectivity index (χ4n) is 3.48. The van der Waals surface area contributed by atoms with Crippen LogP contribution in [0.4, 0.5) is 5.69 Å². The van der Waals surface area contributed by atoms with Crippen LogP contribution in [0.15, 0.2) is 78.9 Å². The summed E-state index contributed by atoms with van der Waals surface area (Å²) in [5.41, 5.74) is 1.98. The summed E-state index contributed by atoms with van der Waals surface area (Å²) < 4.78 is 22.7. The number of carbonyl (C=O) groups is 1. The molecule has 0 amide bonds. The van der Waals surface area contributed by atoms with Crippen LogP contribution in [0.1, 0.15) is 19.4 Å². The molecule has 0 N–H and O–H groups in total. The van der Waals surface area contributed by atoms with Gasteiger partial charge < -0.3 is 23.8 Å². The number of hydrogen-bond donors (Lipinski definition) is 0. The predicted octanol–water partition coefficient (Wildman–Crippen LogP) is 5.50. The van der Waals surface area contributed by atoms with Gasteiger partial charge in [0.2, 0.25) is 0 Å². The minimum Gasteiger partial charge on any atom is -0.492 e. The molecule has 1 atom stereocenters. The molecule has 0 spiro atoms. The van der Waals surface area contributed by atoms with Crippen LogP contribution in [0.3, 0.4) is 0 Å². The van der Waals surface area contributed by atoms with Crippen molar-refractivity contribution in [3.8, 4) is 17.2 Å². The van der Waals surface area contributed by atoms with E-state index in [-0.39, 0.29) is 5.97 Å². The van der Waals surface area contributed by atoms with E-state index in [4.69, 9.17) is 18.9 Å². The number of anilines is 1. The molecule has 0 aliphatic carbocycles. The molecular formula is C28H33NO5. The van der Waals surface area contributed by atoms with Gasteiger partial charge in [-0.1, -0.05) is 42.5 Å². The largest absolute Gasteiger partial charge is 0.492 e. The van der Waals surface area contributed by atoms with Gasteiger partial charge in [-0.3, -0.25) is 0 Å². The van der Waals surface area contributed by atoms with Gasteiger partial charge in [-0.2, -0.15) is 0 Å². The van der Waals surface area contributed by atoms with Crippen LogP contribution < -0.4 is 14.4 Å². The first-order chi connectivity index (χ1) is 16.6. The lowest BCUT2D eigenvalue weighted by atomic mass is 10.1. The molecule has 6 heteroatoms. The molecule has 34 heavy (non-hydrogen) atoms. The summed E-state index contributed by atoms with van der Waals surface area (Å²) in [5, 5.41) is 0. The molecule has 6 nitrogen and oxygen atoms in total. The topological polar surface area (TPSA) is 57.2 Å². The standard InChI is InChI=1S/C28H33NO5/c1-4-31-27(28(30)32-5-2)21-22-15-17-23(18-16-22)33-20-19-29(3)25-13-9-10-14-26(25)34-24-11-7-6-8-12-24/h6-18,27H,4-5,19-21H2,1-3H3. The van der Waals surface area contributed by atoms with E-state index in [1.54, 1.807) is 6.92 Å². The number of carbonyl (C=O) groups excluding carboxylic acids is 1. The third-order valence-corrected chi connectivity index (χ3v) is 5.20. The molecule has 0 saturated heterocycles. The summed E-state index contributed by atoms with van der Waals surface area (Å²) in [7, 11) is 2.02. The summed E-state index contributed by atoms with van der Waals surface area (Å²) >= 11 is 0. The van der Waals surface area contributed by atoms with Crippen molar-refractivity contribution in [1.29, 1.82) is 0 Å². The maximum atomic E-state index is 12.1. The first-order valence-electron chi connectivity index (χ1n) is 11.6. The van der Waals surface area contributed by atoms with Crippen molar-refractivity contribution in [2.24, 2.45) is 0 Å². The van der Waals surface area contributed by atoms with Gasteiger partial charge in [-0.15, -0.1) is 0 Å². The maximum Gasteiger partial charge on any atom is 0.335 e. The number of nitrogens with zero attached hydrogens (tertiary/aromatic N) is 1. The Morgan fingerprint density at radius 1 is 0.853 bits per heavy atom. The van der Waals surface area contributed by atoms with Gasteiger partial charge in [0.25, 0.3) is 0 Å². The average molecular weight is 464 g/mol. The summed E-state index contributed by atoms with van der Waals surface area (Å²) in [5.74, 6) is 2.04. The zero-order chi connectivity index (χ0) is 24.2. The van der Waals surface area contributed by atoms with Gasteiger partial charge in [0, 0.05) is 20.1 Å². The molecule has 3 aromatic rings. The monoisotopic (exact) mass is 463 g/mol. The van der Waals surface area contributed by atoms with Crippen molar-refractivity contribution in [3.05, 3.63) is 84.4 Å². The van der Waals surface area contributed by atoms with E-state index in [1.807, 2.05) is 92.8 Å². The maximum absolute atomic E-state index is 12.1. The molecule has 180 valence electrons. The molecule has 0 fully saturated rings. The SMILES string of the molecule is CCOC(=O)C(Cc1ccc(OCCN(C)c2ccccc2Oc2ccccc2)cc1)OCC. The number of para-hydroxylation sites is 3. The highest BCUT2D eigenvalue weighted by atomic mass is 16.6. The third-order valence-electron chi connectivity index (χ3n) is 5.20. The van der Waals surface area contributed by atoms with Gasteiger partial charge in [-0.05, 0) is 55.8 Å². The molecule has 0 saturated carbocycles. The molecule has 1 unspecified atom stereocenters. The van der Waals surface area contributed by atoms with E-state index in [9.17, 15) is 4.79 Å². The highest BCUT2D eigenvalue weighted by Crippen LogP contribution is 2.31. The molecule has 0 radical (unpaired) electrons. The van der Waals surface area contributed by atoms with Crippen LogP contribution in [-0.4, -0.2) is 45.5 Å². The molecule has 3 rings (SSSR count). The fraction of sp³-hybridized carbons (Fsp3) is 0.321. The molecule has 0 aromatic heterocycles. The summed E-state index contributed by atoms with van der Waals surface area (Å²) in [4.78, 5) is 14.2. The van der Waals surface area contributed by atoms with Gasteiger partial charge in [0.15, 0.2) is 11.9 Å². The Labute approximate surface area is 202 Å². The van der Waals surface area contributed by atoms with Gasteiger partial charge in [-0.25, -0.2) is 4.79 Å². The first kappa shape index (κ1) is 25.1.